The van der Waals surface area contributed by atoms with Gasteiger partial charge in [-0.15, -0.1) is 0 Å². The van der Waals surface area contributed by atoms with E-state index in [4.69, 9.17) is 15.2 Å². The summed E-state index contributed by atoms with van der Waals surface area (Å²) in [6.45, 7) is 0. The van der Waals surface area contributed by atoms with Crippen LogP contribution in [-0.2, 0) is 9.47 Å². The van der Waals surface area contributed by atoms with Crippen LogP contribution in [-0.4, -0.2) is 25.4 Å². The van der Waals surface area contributed by atoms with Crippen LogP contribution in [0.5, 0.6) is 0 Å². The summed E-state index contributed by atoms with van der Waals surface area (Å²) in [6.07, 6.45) is 2.06. The summed E-state index contributed by atoms with van der Waals surface area (Å²) in [6, 6.07) is 0. The third kappa shape index (κ3) is 2.08. The van der Waals surface area contributed by atoms with Gasteiger partial charge in [-0.25, -0.2) is 4.79 Å². The second kappa shape index (κ2) is 3.57. The Morgan fingerprint density at radius 3 is 2.64 bits per heavy atom. The molecular formula is C7H13NO3. The molecule has 2 atom stereocenters. The highest BCUT2D eigenvalue weighted by Gasteiger charge is 2.29. The lowest BCUT2D eigenvalue weighted by molar-refractivity contribution is -0.000221. The fourth-order valence-corrected chi connectivity index (χ4v) is 1.45. The second-order valence-corrected chi connectivity index (χ2v) is 2.68. The van der Waals surface area contributed by atoms with Gasteiger partial charge in [-0.1, -0.05) is 0 Å². The van der Waals surface area contributed by atoms with Crippen molar-refractivity contribution in [2.24, 2.45) is 5.73 Å². The van der Waals surface area contributed by atoms with Gasteiger partial charge in [0.05, 0.1) is 6.10 Å². The van der Waals surface area contributed by atoms with Crippen LogP contribution in [0, 0.1) is 0 Å². The topological polar surface area (TPSA) is 61.6 Å². The Hall–Kier alpha value is -0.770. The fraction of sp³-hybridized carbons (Fsp3) is 0.857. The van der Waals surface area contributed by atoms with E-state index in [0.717, 1.165) is 19.3 Å². The van der Waals surface area contributed by atoms with Crippen LogP contribution >= 0.6 is 0 Å². The number of ether oxygens (including phenoxy) is 2. The Bertz CT molecular complexity index is 149. The molecule has 64 valence electrons. The van der Waals surface area contributed by atoms with E-state index in [1.165, 1.54) is 0 Å². The van der Waals surface area contributed by atoms with Gasteiger partial charge < -0.3 is 15.2 Å². The SMILES string of the molecule is COC1CCCC1OC(N)=O. The Kier molecular flexibility index (Phi) is 2.70. The molecular weight excluding hydrogens is 146 g/mol. The van der Waals surface area contributed by atoms with Crippen LogP contribution < -0.4 is 5.73 Å². The molecule has 0 aromatic rings. The predicted octanol–water partition coefficient (Wildman–Crippen LogP) is 0.649. The van der Waals surface area contributed by atoms with Gasteiger partial charge >= 0.3 is 6.09 Å². The van der Waals surface area contributed by atoms with Gasteiger partial charge in [-0.3, -0.25) is 0 Å². The molecule has 0 aliphatic heterocycles. The van der Waals surface area contributed by atoms with Gasteiger partial charge in [0.25, 0.3) is 0 Å². The van der Waals surface area contributed by atoms with E-state index in [1.54, 1.807) is 7.11 Å². The van der Waals surface area contributed by atoms with Gasteiger partial charge in [0.1, 0.15) is 6.10 Å². The van der Waals surface area contributed by atoms with Crippen molar-refractivity contribution in [1.82, 2.24) is 0 Å². The van der Waals surface area contributed by atoms with Crippen molar-refractivity contribution in [2.45, 2.75) is 31.5 Å². The highest BCUT2D eigenvalue weighted by atomic mass is 16.6. The molecule has 11 heavy (non-hydrogen) atoms. The monoisotopic (exact) mass is 159 g/mol. The molecule has 1 rings (SSSR count). The average molecular weight is 159 g/mol. The maximum atomic E-state index is 10.4. The van der Waals surface area contributed by atoms with Gasteiger partial charge in [0, 0.05) is 7.11 Å². The van der Waals surface area contributed by atoms with Crippen LogP contribution in [0.2, 0.25) is 0 Å². The maximum absolute atomic E-state index is 10.4. The molecule has 0 saturated heterocycles. The standard InChI is InChI=1S/C7H13NO3/c1-10-5-3-2-4-6(5)11-7(8)9/h5-6H,2-4H2,1H3,(H2,8,9). The maximum Gasteiger partial charge on any atom is 0.404 e. The summed E-state index contributed by atoms with van der Waals surface area (Å²) in [7, 11) is 1.62. The van der Waals surface area contributed by atoms with E-state index in [1.807, 2.05) is 0 Å². The molecule has 1 aliphatic carbocycles. The van der Waals surface area contributed by atoms with Crippen LogP contribution in [0.25, 0.3) is 0 Å². The smallest absolute Gasteiger partial charge is 0.404 e. The normalized spacial score (nSPS) is 30.3. The molecule has 0 bridgehead atoms. The zero-order valence-electron chi connectivity index (χ0n) is 6.58. The zero-order valence-corrected chi connectivity index (χ0v) is 6.58. The van der Waals surface area contributed by atoms with Crippen molar-refractivity contribution in [3.05, 3.63) is 0 Å². The molecule has 0 spiro atoms. The molecule has 4 heteroatoms. The number of rotatable bonds is 2. The summed E-state index contributed by atoms with van der Waals surface area (Å²) in [5.74, 6) is 0. The van der Waals surface area contributed by atoms with E-state index >= 15 is 0 Å². The molecule has 0 aromatic heterocycles. The number of hydrogen-bond donors (Lipinski definition) is 1. The number of carbonyl (C=O) groups is 1. The number of primary amides is 1. The Morgan fingerprint density at radius 1 is 1.45 bits per heavy atom. The molecule has 2 unspecified atom stereocenters. The molecule has 1 amide bonds. The first kappa shape index (κ1) is 8.33. The third-order valence-electron chi connectivity index (χ3n) is 1.96. The summed E-state index contributed by atoms with van der Waals surface area (Å²) < 4.78 is 9.92. The quantitative estimate of drug-likeness (QED) is 0.643. The summed E-state index contributed by atoms with van der Waals surface area (Å²) >= 11 is 0. The van der Waals surface area contributed by atoms with Crippen LogP contribution in [0.15, 0.2) is 0 Å². The molecule has 0 aromatic carbocycles. The number of carbonyl (C=O) groups excluding carboxylic acids is 1. The van der Waals surface area contributed by atoms with Crippen molar-refractivity contribution in [1.29, 1.82) is 0 Å². The predicted molar refractivity (Wildman–Crippen MR) is 39.1 cm³/mol. The number of nitrogens with two attached hydrogens (primary N) is 1. The van der Waals surface area contributed by atoms with E-state index < -0.39 is 6.09 Å². The lowest BCUT2D eigenvalue weighted by atomic mass is 10.2. The molecule has 1 fully saturated rings. The second-order valence-electron chi connectivity index (χ2n) is 2.68. The van der Waals surface area contributed by atoms with Gasteiger partial charge in [-0.2, -0.15) is 0 Å². The van der Waals surface area contributed by atoms with E-state index in [0.29, 0.717) is 0 Å². The lowest BCUT2D eigenvalue weighted by Gasteiger charge is -2.16. The van der Waals surface area contributed by atoms with Gasteiger partial charge in [-0.05, 0) is 19.3 Å². The number of amides is 1. The first-order chi connectivity index (χ1) is 5.24. The highest BCUT2D eigenvalue weighted by molar-refractivity contribution is 5.64. The summed E-state index contributed by atoms with van der Waals surface area (Å²) in [5, 5.41) is 0. The molecule has 0 radical (unpaired) electrons. The third-order valence-corrected chi connectivity index (χ3v) is 1.96. The summed E-state index contributed by atoms with van der Waals surface area (Å²) in [4.78, 5) is 10.4. The van der Waals surface area contributed by atoms with Crippen molar-refractivity contribution in [3.63, 3.8) is 0 Å². The van der Waals surface area contributed by atoms with Crippen LogP contribution in [0.1, 0.15) is 19.3 Å². The Balaban J connectivity index is 2.37. The van der Waals surface area contributed by atoms with Crippen LogP contribution in [0.4, 0.5) is 4.79 Å². The first-order valence-electron chi connectivity index (χ1n) is 3.73. The summed E-state index contributed by atoms with van der Waals surface area (Å²) in [5.41, 5.74) is 4.87. The lowest BCUT2D eigenvalue weighted by Crippen LogP contribution is -2.30. The molecule has 0 heterocycles. The highest BCUT2D eigenvalue weighted by Crippen LogP contribution is 2.23. The Labute approximate surface area is 65.7 Å². The van der Waals surface area contributed by atoms with Crippen molar-refractivity contribution < 1.29 is 14.3 Å². The zero-order chi connectivity index (χ0) is 8.27. The van der Waals surface area contributed by atoms with E-state index in [2.05, 4.69) is 0 Å². The fourth-order valence-electron chi connectivity index (χ4n) is 1.45. The van der Waals surface area contributed by atoms with Gasteiger partial charge in [0.2, 0.25) is 0 Å². The van der Waals surface area contributed by atoms with Crippen molar-refractivity contribution >= 4 is 6.09 Å². The minimum absolute atomic E-state index is 0.0440. The first-order valence-corrected chi connectivity index (χ1v) is 3.73. The largest absolute Gasteiger partial charge is 0.444 e. The van der Waals surface area contributed by atoms with E-state index in [9.17, 15) is 4.79 Å². The van der Waals surface area contributed by atoms with Crippen molar-refractivity contribution in [3.8, 4) is 0 Å². The molecule has 4 nitrogen and oxygen atoms in total. The Morgan fingerprint density at radius 2 is 2.09 bits per heavy atom. The average Bonchev–Trinajstić information content (AvgIpc) is 2.34. The van der Waals surface area contributed by atoms with Crippen LogP contribution in [0.3, 0.4) is 0 Å². The van der Waals surface area contributed by atoms with E-state index in [-0.39, 0.29) is 12.2 Å². The minimum Gasteiger partial charge on any atom is -0.444 e. The molecule has 1 saturated carbocycles. The molecule has 2 N–H and O–H groups in total. The molecule has 1 aliphatic rings. The number of hydrogen-bond acceptors (Lipinski definition) is 3. The minimum atomic E-state index is -0.709. The number of methoxy groups -OCH3 is 1. The van der Waals surface area contributed by atoms with Crippen molar-refractivity contribution in [2.75, 3.05) is 7.11 Å². The van der Waals surface area contributed by atoms with Gasteiger partial charge in [0.15, 0.2) is 0 Å².